The summed E-state index contributed by atoms with van der Waals surface area (Å²) in [6, 6.07) is 27.6. The van der Waals surface area contributed by atoms with Gasteiger partial charge in [0.25, 0.3) is 11.6 Å². The lowest BCUT2D eigenvalue weighted by atomic mass is 9.99. The highest BCUT2D eigenvalue weighted by molar-refractivity contribution is 5.98. The van der Waals surface area contributed by atoms with Gasteiger partial charge in [0.1, 0.15) is 11.8 Å². The van der Waals surface area contributed by atoms with Crippen LogP contribution in [0.25, 0.3) is 0 Å². The Balaban J connectivity index is 1.65. The van der Waals surface area contributed by atoms with Crippen LogP contribution in [-0.4, -0.2) is 24.7 Å². The predicted octanol–water partition coefficient (Wildman–Crippen LogP) is 5.72. The van der Waals surface area contributed by atoms with E-state index >= 15 is 0 Å². The minimum absolute atomic E-state index is 0.0505. The molecule has 0 radical (unpaired) electrons. The molecule has 9 nitrogen and oxygen atoms in total. The van der Waals surface area contributed by atoms with Crippen LogP contribution in [0.2, 0.25) is 0 Å². The number of fused-ring (bicyclic) bond motifs is 1. The van der Waals surface area contributed by atoms with Gasteiger partial charge >= 0.3 is 0 Å². The maximum absolute atomic E-state index is 14.1. The Morgan fingerprint density at radius 1 is 0.974 bits per heavy atom. The van der Waals surface area contributed by atoms with Gasteiger partial charge in [0.15, 0.2) is 11.5 Å². The molecule has 9 heteroatoms. The Hall–Kier alpha value is -5.05. The Morgan fingerprint density at radius 2 is 1.61 bits per heavy atom. The molecular weight excluding hydrogens is 486 g/mol. The van der Waals surface area contributed by atoms with E-state index in [1.807, 2.05) is 65.6 Å². The van der Waals surface area contributed by atoms with Gasteiger partial charge in [0, 0.05) is 17.9 Å². The van der Waals surface area contributed by atoms with Gasteiger partial charge in [0.2, 0.25) is 6.79 Å². The van der Waals surface area contributed by atoms with Crippen molar-refractivity contribution in [1.82, 2.24) is 0 Å². The number of nitrogens with zero attached hydrogens (tertiary/aromatic N) is 2. The number of nitrogens with one attached hydrogen (secondary N) is 1. The smallest absolute Gasteiger partial charge is 0.279 e. The van der Waals surface area contributed by atoms with Gasteiger partial charge in [-0.25, -0.2) is 0 Å². The normalized spacial score (nSPS) is 12.4. The molecule has 0 bridgehead atoms. The number of nitro benzene ring substituents is 1. The number of para-hydroxylation sites is 1. The zero-order valence-electron chi connectivity index (χ0n) is 20.6. The third kappa shape index (κ3) is 5.22. The molecule has 1 unspecified atom stereocenters. The summed E-state index contributed by atoms with van der Waals surface area (Å²) in [6.07, 6.45) is 0. The van der Waals surface area contributed by atoms with Crippen LogP contribution in [0.15, 0.2) is 97.1 Å². The number of hydrogen-bond donors (Lipinski definition) is 1. The Morgan fingerprint density at radius 3 is 2.24 bits per heavy atom. The third-order valence-corrected chi connectivity index (χ3v) is 6.21. The minimum Gasteiger partial charge on any atom is -0.497 e. The van der Waals surface area contributed by atoms with E-state index in [9.17, 15) is 14.9 Å². The summed E-state index contributed by atoms with van der Waals surface area (Å²) in [6.45, 7) is 0.266. The largest absolute Gasteiger partial charge is 0.497 e. The number of nitro groups is 1. The van der Waals surface area contributed by atoms with Crippen molar-refractivity contribution in [1.29, 1.82) is 0 Å². The van der Waals surface area contributed by atoms with E-state index in [4.69, 9.17) is 14.2 Å². The molecule has 192 valence electrons. The maximum atomic E-state index is 14.1. The number of amides is 1. The van der Waals surface area contributed by atoms with Crippen LogP contribution in [0.5, 0.6) is 17.2 Å². The first-order chi connectivity index (χ1) is 18.5. The molecule has 1 amide bonds. The second-order valence-corrected chi connectivity index (χ2v) is 8.59. The monoisotopic (exact) mass is 511 g/mol. The molecule has 0 saturated carbocycles. The minimum atomic E-state index is -1.09. The molecular formula is C29H25N3O6. The molecule has 1 aliphatic heterocycles. The molecule has 4 aromatic rings. The molecule has 0 fully saturated rings. The van der Waals surface area contributed by atoms with Crippen molar-refractivity contribution >= 4 is 23.0 Å². The average Bonchev–Trinajstić information content (AvgIpc) is 3.41. The molecule has 1 heterocycles. The summed E-state index contributed by atoms with van der Waals surface area (Å²) in [5.41, 5.74) is 2.13. The number of carbonyl (C=O) groups is 1. The zero-order chi connectivity index (χ0) is 26.5. The van der Waals surface area contributed by atoms with Crippen LogP contribution in [-0.2, 0) is 11.3 Å². The van der Waals surface area contributed by atoms with Crippen molar-refractivity contribution < 1.29 is 23.9 Å². The van der Waals surface area contributed by atoms with E-state index in [0.717, 1.165) is 11.3 Å². The van der Waals surface area contributed by atoms with Crippen LogP contribution in [0, 0.1) is 10.1 Å². The third-order valence-electron chi connectivity index (χ3n) is 6.21. The lowest BCUT2D eigenvalue weighted by Gasteiger charge is -2.33. The van der Waals surface area contributed by atoms with Crippen molar-refractivity contribution in [3.63, 3.8) is 0 Å². The number of ether oxygens (including phenoxy) is 3. The molecule has 1 atom stereocenters. The lowest BCUT2D eigenvalue weighted by molar-refractivity contribution is -0.385. The Labute approximate surface area is 219 Å². The van der Waals surface area contributed by atoms with Crippen LogP contribution in [0.1, 0.15) is 17.2 Å². The van der Waals surface area contributed by atoms with Gasteiger partial charge < -0.3 is 24.4 Å². The molecule has 4 aromatic carbocycles. The van der Waals surface area contributed by atoms with Crippen LogP contribution in [0.3, 0.4) is 0 Å². The zero-order valence-corrected chi connectivity index (χ0v) is 20.6. The summed E-state index contributed by atoms with van der Waals surface area (Å²) < 4.78 is 16.1. The Bertz CT molecular complexity index is 1430. The highest BCUT2D eigenvalue weighted by Crippen LogP contribution is 2.43. The number of methoxy groups -OCH3 is 1. The van der Waals surface area contributed by atoms with Crippen LogP contribution in [0.4, 0.5) is 17.1 Å². The number of rotatable bonds is 9. The van der Waals surface area contributed by atoms with Gasteiger partial charge in [-0.2, -0.15) is 0 Å². The molecule has 1 aliphatic rings. The molecule has 5 rings (SSSR count). The summed E-state index contributed by atoms with van der Waals surface area (Å²) in [5.74, 6) is 0.808. The predicted molar refractivity (Wildman–Crippen MR) is 143 cm³/mol. The first-order valence-corrected chi connectivity index (χ1v) is 11.9. The fourth-order valence-electron chi connectivity index (χ4n) is 4.39. The van der Waals surface area contributed by atoms with Crippen molar-refractivity contribution in [2.45, 2.75) is 12.6 Å². The molecule has 38 heavy (non-hydrogen) atoms. The maximum Gasteiger partial charge on any atom is 0.279 e. The van der Waals surface area contributed by atoms with E-state index in [0.29, 0.717) is 23.7 Å². The van der Waals surface area contributed by atoms with Crippen molar-refractivity contribution in [3.05, 3.63) is 118 Å². The van der Waals surface area contributed by atoms with E-state index in [2.05, 4.69) is 5.32 Å². The quantitative estimate of drug-likeness (QED) is 0.226. The number of carbonyl (C=O) groups excluding carboxylic acids is 1. The summed E-state index contributed by atoms with van der Waals surface area (Å²) in [4.78, 5) is 27.7. The van der Waals surface area contributed by atoms with Crippen molar-refractivity contribution in [2.75, 3.05) is 24.1 Å². The molecule has 0 aliphatic carbocycles. The fourth-order valence-corrected chi connectivity index (χ4v) is 4.39. The van der Waals surface area contributed by atoms with Crippen molar-refractivity contribution in [2.24, 2.45) is 0 Å². The number of benzene rings is 4. The van der Waals surface area contributed by atoms with Crippen LogP contribution < -0.4 is 24.4 Å². The van der Waals surface area contributed by atoms with E-state index < -0.39 is 16.9 Å². The second kappa shape index (κ2) is 10.9. The molecule has 0 spiro atoms. The lowest BCUT2D eigenvalue weighted by Crippen LogP contribution is -2.37. The van der Waals surface area contributed by atoms with Gasteiger partial charge in [0.05, 0.1) is 23.7 Å². The summed E-state index contributed by atoms with van der Waals surface area (Å²) in [7, 11) is 1.56. The standard InChI is InChI=1S/C29H25N3O6/c1-36-23-14-12-21(13-15-23)30-29(33)28(24-16-26-27(38-19-37-26)17-25(24)32(34)35)31(22-10-6-3-7-11-22)18-20-8-4-2-5-9-20/h2-17,28H,18-19H2,1H3,(H,30,33). The van der Waals surface area contributed by atoms with Crippen molar-refractivity contribution in [3.8, 4) is 17.2 Å². The Kier molecular flexibility index (Phi) is 7.08. The SMILES string of the molecule is COc1ccc(NC(=O)C(c2cc3c(cc2[N+](=O)[O-])OCO3)N(Cc2ccccc2)c2ccccc2)cc1. The fraction of sp³-hybridized carbons (Fsp3) is 0.138. The van der Waals surface area contributed by atoms with E-state index in [1.165, 1.54) is 12.1 Å². The van der Waals surface area contributed by atoms with E-state index in [1.54, 1.807) is 31.4 Å². The van der Waals surface area contributed by atoms with Gasteiger partial charge in [-0.15, -0.1) is 0 Å². The number of hydrogen-bond acceptors (Lipinski definition) is 7. The molecule has 0 saturated heterocycles. The molecule has 1 N–H and O–H groups in total. The van der Waals surface area contributed by atoms with Crippen LogP contribution >= 0.6 is 0 Å². The topological polar surface area (TPSA) is 103 Å². The first-order valence-electron chi connectivity index (χ1n) is 11.9. The average molecular weight is 512 g/mol. The highest BCUT2D eigenvalue weighted by Gasteiger charge is 2.36. The van der Waals surface area contributed by atoms with Gasteiger partial charge in [-0.05, 0) is 48.0 Å². The van der Waals surface area contributed by atoms with Gasteiger partial charge in [-0.3, -0.25) is 14.9 Å². The number of anilines is 2. The highest BCUT2D eigenvalue weighted by atomic mass is 16.7. The second-order valence-electron chi connectivity index (χ2n) is 8.59. The summed E-state index contributed by atoms with van der Waals surface area (Å²) >= 11 is 0. The molecule has 0 aromatic heterocycles. The summed E-state index contributed by atoms with van der Waals surface area (Å²) in [5, 5.41) is 15.2. The first kappa shape index (κ1) is 24.6. The van der Waals surface area contributed by atoms with Gasteiger partial charge in [-0.1, -0.05) is 48.5 Å². The van der Waals surface area contributed by atoms with E-state index in [-0.39, 0.29) is 23.8 Å².